The summed E-state index contributed by atoms with van der Waals surface area (Å²) < 4.78 is 0. The Kier molecular flexibility index (Phi) is 4.19. The van der Waals surface area contributed by atoms with Gasteiger partial charge in [0.1, 0.15) is 0 Å². The van der Waals surface area contributed by atoms with Crippen molar-refractivity contribution in [1.82, 2.24) is 10.2 Å². The third-order valence-corrected chi connectivity index (χ3v) is 3.81. The van der Waals surface area contributed by atoms with Gasteiger partial charge in [0.2, 0.25) is 0 Å². The van der Waals surface area contributed by atoms with Crippen molar-refractivity contribution in [1.29, 1.82) is 0 Å². The molecule has 1 aromatic carbocycles. The molecule has 0 heterocycles. The highest BCUT2D eigenvalue weighted by atomic mass is 15.1. The van der Waals surface area contributed by atoms with Crippen LogP contribution in [0.4, 0.5) is 0 Å². The van der Waals surface area contributed by atoms with Crippen LogP contribution < -0.4 is 5.32 Å². The second-order valence-electron chi connectivity index (χ2n) is 5.36. The number of benzene rings is 1. The number of hydrogen-bond donors (Lipinski definition) is 1. The van der Waals surface area contributed by atoms with Gasteiger partial charge in [0.25, 0.3) is 0 Å². The standard InChI is InChI=1S/C15H24N2/c1-16-15(11-17(2)3)14-10-5-4-9-13(14)12-7-6-8-12/h4-5,9-10,12,15-16H,6-8,11H2,1-3H3. The van der Waals surface area contributed by atoms with Gasteiger partial charge in [0, 0.05) is 12.6 Å². The minimum atomic E-state index is 0.446. The number of nitrogens with one attached hydrogen (secondary N) is 1. The Hall–Kier alpha value is -0.860. The average molecular weight is 232 g/mol. The average Bonchev–Trinajstić information content (AvgIpc) is 2.24. The van der Waals surface area contributed by atoms with Gasteiger partial charge in [-0.05, 0) is 51.0 Å². The van der Waals surface area contributed by atoms with Crippen LogP contribution in [0.3, 0.4) is 0 Å². The fourth-order valence-electron chi connectivity index (χ4n) is 2.63. The first kappa shape index (κ1) is 12.6. The van der Waals surface area contributed by atoms with E-state index in [9.17, 15) is 0 Å². The van der Waals surface area contributed by atoms with Crippen LogP contribution in [0.15, 0.2) is 24.3 Å². The van der Waals surface area contributed by atoms with Crippen LogP contribution in [0.25, 0.3) is 0 Å². The van der Waals surface area contributed by atoms with Crippen LogP contribution in [0.5, 0.6) is 0 Å². The highest BCUT2D eigenvalue weighted by molar-refractivity contribution is 5.34. The molecule has 0 aliphatic heterocycles. The fraction of sp³-hybridized carbons (Fsp3) is 0.600. The molecular formula is C15H24N2. The maximum Gasteiger partial charge on any atom is 0.0449 e. The molecule has 17 heavy (non-hydrogen) atoms. The van der Waals surface area contributed by atoms with E-state index >= 15 is 0 Å². The van der Waals surface area contributed by atoms with Gasteiger partial charge in [-0.3, -0.25) is 0 Å². The summed E-state index contributed by atoms with van der Waals surface area (Å²) in [5.41, 5.74) is 3.06. The molecule has 1 atom stereocenters. The van der Waals surface area contributed by atoms with Crippen molar-refractivity contribution in [2.75, 3.05) is 27.7 Å². The van der Waals surface area contributed by atoms with Gasteiger partial charge in [-0.2, -0.15) is 0 Å². The van der Waals surface area contributed by atoms with Gasteiger partial charge in [-0.15, -0.1) is 0 Å². The normalized spacial score (nSPS) is 18.1. The fourth-order valence-corrected chi connectivity index (χ4v) is 2.63. The zero-order valence-corrected chi connectivity index (χ0v) is 11.2. The molecule has 2 heteroatoms. The number of likely N-dealkylation sites (N-methyl/N-ethyl adjacent to an activating group) is 2. The Bertz CT molecular complexity index is 356. The van der Waals surface area contributed by atoms with E-state index in [1.165, 1.54) is 24.8 Å². The lowest BCUT2D eigenvalue weighted by atomic mass is 9.77. The van der Waals surface area contributed by atoms with Crippen molar-refractivity contribution in [2.45, 2.75) is 31.2 Å². The molecule has 1 aliphatic carbocycles. The summed E-state index contributed by atoms with van der Waals surface area (Å²) in [6.45, 7) is 1.06. The van der Waals surface area contributed by atoms with Gasteiger partial charge in [0.15, 0.2) is 0 Å². The summed E-state index contributed by atoms with van der Waals surface area (Å²) >= 11 is 0. The van der Waals surface area contributed by atoms with E-state index in [0.717, 1.165) is 12.5 Å². The summed E-state index contributed by atoms with van der Waals surface area (Å²) in [4.78, 5) is 2.25. The molecule has 0 spiro atoms. The van der Waals surface area contributed by atoms with Gasteiger partial charge >= 0.3 is 0 Å². The predicted octanol–water partition coefficient (Wildman–Crippen LogP) is 2.78. The van der Waals surface area contributed by atoms with Crippen molar-refractivity contribution >= 4 is 0 Å². The molecule has 0 aromatic heterocycles. The molecule has 1 aliphatic rings. The number of rotatable bonds is 5. The molecule has 1 N–H and O–H groups in total. The Morgan fingerprint density at radius 2 is 2.00 bits per heavy atom. The quantitative estimate of drug-likeness (QED) is 0.840. The summed E-state index contributed by atoms with van der Waals surface area (Å²) in [6, 6.07) is 9.40. The summed E-state index contributed by atoms with van der Waals surface area (Å²) in [6.07, 6.45) is 4.14. The smallest absolute Gasteiger partial charge is 0.0449 e. The van der Waals surface area contributed by atoms with E-state index in [2.05, 4.69) is 55.6 Å². The molecule has 0 radical (unpaired) electrons. The van der Waals surface area contributed by atoms with Crippen molar-refractivity contribution in [2.24, 2.45) is 0 Å². The second kappa shape index (κ2) is 5.65. The van der Waals surface area contributed by atoms with Crippen molar-refractivity contribution in [3.8, 4) is 0 Å². The van der Waals surface area contributed by atoms with E-state index in [-0.39, 0.29) is 0 Å². The largest absolute Gasteiger partial charge is 0.312 e. The lowest BCUT2D eigenvalue weighted by Gasteiger charge is -2.31. The molecule has 1 aromatic rings. The SMILES string of the molecule is CNC(CN(C)C)c1ccccc1C1CCC1. The Balaban J connectivity index is 2.22. The van der Waals surface area contributed by atoms with Crippen LogP contribution in [-0.2, 0) is 0 Å². The maximum absolute atomic E-state index is 3.45. The first-order valence-corrected chi connectivity index (χ1v) is 6.63. The van der Waals surface area contributed by atoms with Crippen molar-refractivity contribution in [3.63, 3.8) is 0 Å². The zero-order chi connectivity index (χ0) is 12.3. The van der Waals surface area contributed by atoms with Gasteiger partial charge in [0.05, 0.1) is 0 Å². The molecular weight excluding hydrogens is 208 g/mol. The van der Waals surface area contributed by atoms with Crippen LogP contribution >= 0.6 is 0 Å². The molecule has 2 rings (SSSR count). The van der Waals surface area contributed by atoms with E-state index in [0.29, 0.717) is 6.04 Å². The highest BCUT2D eigenvalue weighted by Gasteiger charge is 2.24. The Labute approximate surface area is 105 Å². The third kappa shape index (κ3) is 2.88. The van der Waals surface area contributed by atoms with Crippen LogP contribution in [0.2, 0.25) is 0 Å². The predicted molar refractivity (Wildman–Crippen MR) is 73.4 cm³/mol. The highest BCUT2D eigenvalue weighted by Crippen LogP contribution is 2.39. The number of hydrogen-bond acceptors (Lipinski definition) is 2. The van der Waals surface area contributed by atoms with Crippen molar-refractivity contribution < 1.29 is 0 Å². The van der Waals surface area contributed by atoms with E-state index in [4.69, 9.17) is 0 Å². The van der Waals surface area contributed by atoms with E-state index in [1.54, 1.807) is 5.56 Å². The second-order valence-corrected chi connectivity index (χ2v) is 5.36. The third-order valence-electron chi connectivity index (χ3n) is 3.81. The molecule has 2 nitrogen and oxygen atoms in total. The minimum Gasteiger partial charge on any atom is -0.312 e. The molecule has 1 fully saturated rings. The summed E-state index contributed by atoms with van der Waals surface area (Å²) in [5.74, 6) is 0.809. The minimum absolute atomic E-state index is 0.446. The molecule has 0 amide bonds. The molecule has 1 saturated carbocycles. The monoisotopic (exact) mass is 232 g/mol. The summed E-state index contributed by atoms with van der Waals surface area (Å²) in [5, 5.41) is 3.45. The summed E-state index contributed by atoms with van der Waals surface area (Å²) in [7, 11) is 6.33. The zero-order valence-electron chi connectivity index (χ0n) is 11.2. The first-order valence-electron chi connectivity index (χ1n) is 6.63. The lowest BCUT2D eigenvalue weighted by molar-refractivity contribution is 0.346. The van der Waals surface area contributed by atoms with Gasteiger partial charge in [-0.25, -0.2) is 0 Å². The molecule has 1 unspecified atom stereocenters. The van der Waals surface area contributed by atoms with Crippen LogP contribution in [0.1, 0.15) is 42.3 Å². The first-order chi connectivity index (χ1) is 8.22. The Morgan fingerprint density at radius 1 is 1.29 bits per heavy atom. The number of nitrogens with zero attached hydrogens (tertiary/aromatic N) is 1. The van der Waals surface area contributed by atoms with E-state index in [1.807, 2.05) is 0 Å². The van der Waals surface area contributed by atoms with Crippen LogP contribution in [0, 0.1) is 0 Å². The lowest BCUT2D eigenvalue weighted by Crippen LogP contribution is -2.30. The van der Waals surface area contributed by atoms with Gasteiger partial charge in [-0.1, -0.05) is 30.7 Å². The van der Waals surface area contributed by atoms with Crippen LogP contribution in [-0.4, -0.2) is 32.6 Å². The molecule has 0 saturated heterocycles. The van der Waals surface area contributed by atoms with Gasteiger partial charge < -0.3 is 10.2 Å². The molecule has 0 bridgehead atoms. The van der Waals surface area contributed by atoms with Crippen molar-refractivity contribution in [3.05, 3.63) is 35.4 Å². The maximum atomic E-state index is 3.45. The topological polar surface area (TPSA) is 15.3 Å². The molecule has 94 valence electrons. The Morgan fingerprint density at radius 3 is 2.53 bits per heavy atom. The van der Waals surface area contributed by atoms with E-state index < -0.39 is 0 Å².